The molecule has 0 amide bonds. The van der Waals surface area contributed by atoms with Crippen molar-refractivity contribution >= 4 is 0 Å². The summed E-state index contributed by atoms with van der Waals surface area (Å²) in [6, 6.07) is 0.0741. The maximum absolute atomic E-state index is 9.50. The molecule has 0 spiro atoms. The largest absolute Gasteiger partial charge is 0.312 e. The molecule has 0 radical (unpaired) electrons. The number of nitrogens with zero attached hydrogens (tertiary/aromatic N) is 1. The van der Waals surface area contributed by atoms with Gasteiger partial charge in [-0.05, 0) is 0 Å². The maximum Gasteiger partial charge on any atom is 0.117 e. The molecule has 1 aliphatic heterocycles. The Kier molecular flexibility index (Phi) is 0.837. The highest BCUT2D eigenvalue weighted by Gasteiger charge is 2.15. The van der Waals surface area contributed by atoms with Crippen molar-refractivity contribution in [3.63, 3.8) is 0 Å². The molecule has 6 heavy (non-hydrogen) atoms. The standard InChI is InChI=1S/C3H6N2O/c6-5-3-1-4-2-3/h3-4H,1-2H2. The first kappa shape index (κ1) is 3.74. The molecule has 0 unspecified atom stereocenters. The summed E-state index contributed by atoms with van der Waals surface area (Å²) in [4.78, 5) is 9.50. The molecule has 34 valence electrons. The molecule has 3 nitrogen and oxygen atoms in total. The Hall–Kier alpha value is -0.440. The van der Waals surface area contributed by atoms with Gasteiger partial charge in [-0.25, -0.2) is 0 Å². The second-order valence-electron chi connectivity index (χ2n) is 1.42. The summed E-state index contributed by atoms with van der Waals surface area (Å²) in [5, 5.41) is 5.70. The van der Waals surface area contributed by atoms with Crippen LogP contribution in [0.3, 0.4) is 0 Å². The summed E-state index contributed by atoms with van der Waals surface area (Å²) in [6.07, 6.45) is 0. The molecule has 0 aromatic rings. The molecule has 1 aliphatic rings. The van der Waals surface area contributed by atoms with Gasteiger partial charge in [0.2, 0.25) is 0 Å². The van der Waals surface area contributed by atoms with Gasteiger partial charge >= 0.3 is 0 Å². The summed E-state index contributed by atoms with van der Waals surface area (Å²) < 4.78 is 0. The Morgan fingerprint density at radius 1 is 1.67 bits per heavy atom. The Labute approximate surface area is 35.7 Å². The summed E-state index contributed by atoms with van der Waals surface area (Å²) in [7, 11) is 0. The Morgan fingerprint density at radius 3 is 2.33 bits per heavy atom. The van der Waals surface area contributed by atoms with Crippen molar-refractivity contribution in [2.75, 3.05) is 13.1 Å². The molecule has 1 N–H and O–H groups in total. The third-order valence-corrected chi connectivity index (χ3v) is 0.909. The zero-order chi connectivity index (χ0) is 4.41. The Bertz CT molecular complexity index is 59.8. The van der Waals surface area contributed by atoms with Gasteiger partial charge in [0.15, 0.2) is 0 Å². The fraction of sp³-hybridized carbons (Fsp3) is 1.00. The molecule has 0 saturated carbocycles. The van der Waals surface area contributed by atoms with E-state index in [2.05, 4.69) is 10.5 Å². The lowest BCUT2D eigenvalue weighted by atomic mass is 10.2. The van der Waals surface area contributed by atoms with Gasteiger partial charge in [0.1, 0.15) is 6.04 Å². The minimum Gasteiger partial charge on any atom is -0.312 e. The monoisotopic (exact) mass is 86.0 g/mol. The number of nitroso groups, excluding NO2 is 1. The van der Waals surface area contributed by atoms with Gasteiger partial charge in [0.25, 0.3) is 0 Å². The van der Waals surface area contributed by atoms with E-state index in [4.69, 9.17) is 0 Å². The molecule has 0 aromatic carbocycles. The zero-order valence-electron chi connectivity index (χ0n) is 3.35. The maximum atomic E-state index is 9.50. The SMILES string of the molecule is O=NC1CNC1. The van der Waals surface area contributed by atoms with E-state index in [1.807, 2.05) is 0 Å². The lowest BCUT2D eigenvalue weighted by Gasteiger charge is -2.18. The van der Waals surface area contributed by atoms with Crippen molar-refractivity contribution in [2.24, 2.45) is 5.18 Å². The van der Waals surface area contributed by atoms with Gasteiger partial charge in [0, 0.05) is 13.1 Å². The van der Waals surface area contributed by atoms with Crippen LogP contribution in [0.2, 0.25) is 0 Å². The van der Waals surface area contributed by atoms with Crippen LogP contribution >= 0.6 is 0 Å². The highest BCUT2D eigenvalue weighted by atomic mass is 16.3. The fourth-order valence-electron chi connectivity index (χ4n) is 0.348. The van der Waals surface area contributed by atoms with Crippen LogP contribution in [0.15, 0.2) is 5.18 Å². The number of rotatable bonds is 1. The van der Waals surface area contributed by atoms with Gasteiger partial charge in [-0.15, -0.1) is 0 Å². The van der Waals surface area contributed by atoms with Gasteiger partial charge < -0.3 is 5.32 Å². The number of hydrogen-bond acceptors (Lipinski definition) is 3. The van der Waals surface area contributed by atoms with Crippen molar-refractivity contribution in [3.05, 3.63) is 4.91 Å². The third kappa shape index (κ3) is 0.408. The predicted molar refractivity (Wildman–Crippen MR) is 22.5 cm³/mol. The van der Waals surface area contributed by atoms with Crippen molar-refractivity contribution in [3.8, 4) is 0 Å². The summed E-state index contributed by atoms with van der Waals surface area (Å²) in [5.74, 6) is 0. The number of hydrogen-bond donors (Lipinski definition) is 1. The second-order valence-corrected chi connectivity index (χ2v) is 1.42. The number of nitrogens with one attached hydrogen (secondary N) is 1. The van der Waals surface area contributed by atoms with Crippen LogP contribution in [0.25, 0.3) is 0 Å². The fourth-order valence-corrected chi connectivity index (χ4v) is 0.348. The molecule has 1 saturated heterocycles. The Morgan fingerprint density at radius 2 is 2.33 bits per heavy atom. The average molecular weight is 86.1 g/mol. The third-order valence-electron chi connectivity index (χ3n) is 0.909. The van der Waals surface area contributed by atoms with Crippen LogP contribution in [0.5, 0.6) is 0 Å². The molecule has 0 bridgehead atoms. The van der Waals surface area contributed by atoms with Crippen LogP contribution in [-0.2, 0) is 0 Å². The summed E-state index contributed by atoms with van der Waals surface area (Å²) >= 11 is 0. The van der Waals surface area contributed by atoms with Crippen LogP contribution < -0.4 is 5.32 Å². The predicted octanol–water partition coefficient (Wildman–Crippen LogP) is -0.275. The lowest BCUT2D eigenvalue weighted by molar-refractivity contribution is 0.445. The molecule has 3 heteroatoms. The van der Waals surface area contributed by atoms with Crippen molar-refractivity contribution in [1.29, 1.82) is 0 Å². The summed E-state index contributed by atoms with van der Waals surface area (Å²) in [6.45, 7) is 1.56. The first-order valence-corrected chi connectivity index (χ1v) is 1.96. The van der Waals surface area contributed by atoms with Crippen molar-refractivity contribution in [1.82, 2.24) is 5.32 Å². The van der Waals surface area contributed by atoms with E-state index < -0.39 is 0 Å². The van der Waals surface area contributed by atoms with Gasteiger partial charge in [-0.1, -0.05) is 5.18 Å². The molecular weight excluding hydrogens is 80.0 g/mol. The van der Waals surface area contributed by atoms with Gasteiger partial charge in [-0.2, -0.15) is 4.91 Å². The van der Waals surface area contributed by atoms with Crippen LogP contribution in [0.1, 0.15) is 0 Å². The van der Waals surface area contributed by atoms with E-state index in [-0.39, 0.29) is 6.04 Å². The minimum atomic E-state index is 0.0741. The topological polar surface area (TPSA) is 41.5 Å². The quantitative estimate of drug-likeness (QED) is 0.446. The average Bonchev–Trinajstić information content (AvgIpc) is 1.31. The van der Waals surface area contributed by atoms with Crippen LogP contribution in [0.4, 0.5) is 0 Å². The van der Waals surface area contributed by atoms with E-state index in [0.29, 0.717) is 0 Å². The second kappa shape index (κ2) is 1.34. The van der Waals surface area contributed by atoms with E-state index >= 15 is 0 Å². The highest BCUT2D eigenvalue weighted by Crippen LogP contribution is 1.93. The van der Waals surface area contributed by atoms with E-state index in [0.717, 1.165) is 13.1 Å². The van der Waals surface area contributed by atoms with E-state index in [1.54, 1.807) is 0 Å². The molecule has 0 aliphatic carbocycles. The Balaban J connectivity index is 2.16. The summed E-state index contributed by atoms with van der Waals surface area (Å²) in [5.41, 5.74) is 0. The van der Waals surface area contributed by atoms with Crippen LogP contribution in [-0.4, -0.2) is 19.1 Å². The van der Waals surface area contributed by atoms with E-state index in [9.17, 15) is 4.91 Å². The highest BCUT2D eigenvalue weighted by molar-refractivity contribution is 4.80. The smallest absolute Gasteiger partial charge is 0.117 e. The van der Waals surface area contributed by atoms with Gasteiger partial charge in [0.05, 0.1) is 0 Å². The van der Waals surface area contributed by atoms with Crippen molar-refractivity contribution < 1.29 is 0 Å². The first-order valence-electron chi connectivity index (χ1n) is 1.96. The molecule has 1 heterocycles. The molecule has 1 rings (SSSR count). The molecule has 0 atom stereocenters. The zero-order valence-corrected chi connectivity index (χ0v) is 3.35. The molecule has 1 fully saturated rings. The van der Waals surface area contributed by atoms with Gasteiger partial charge in [-0.3, -0.25) is 0 Å². The first-order chi connectivity index (χ1) is 2.93. The lowest BCUT2D eigenvalue weighted by Crippen LogP contribution is -2.45. The minimum absolute atomic E-state index is 0.0741. The normalized spacial score (nSPS) is 22.7. The molecule has 0 aromatic heterocycles. The van der Waals surface area contributed by atoms with Crippen molar-refractivity contribution in [2.45, 2.75) is 6.04 Å². The van der Waals surface area contributed by atoms with Crippen LogP contribution in [0, 0.1) is 4.91 Å². The molecular formula is C3H6N2O. The van der Waals surface area contributed by atoms with E-state index in [1.165, 1.54) is 0 Å².